The molecule has 0 aromatic carbocycles. The zero-order valence-corrected chi connectivity index (χ0v) is 12.3. The normalized spacial score (nSPS) is 28.5. The van der Waals surface area contributed by atoms with Crippen molar-refractivity contribution in [1.82, 2.24) is 10.1 Å². The summed E-state index contributed by atoms with van der Waals surface area (Å²) < 4.78 is 11.3. The van der Waals surface area contributed by atoms with Crippen LogP contribution in [-0.2, 0) is 10.3 Å². The molecular formula is C14H25N3O3. The van der Waals surface area contributed by atoms with E-state index < -0.39 is 11.6 Å². The molecule has 0 saturated heterocycles. The number of rotatable bonds is 6. The van der Waals surface area contributed by atoms with Gasteiger partial charge in [0.25, 0.3) is 0 Å². The fraction of sp³-hybridized carbons (Fsp3) is 0.857. The van der Waals surface area contributed by atoms with Crippen LogP contribution >= 0.6 is 0 Å². The maximum atomic E-state index is 8.93. The van der Waals surface area contributed by atoms with Crippen molar-refractivity contribution in [3.63, 3.8) is 0 Å². The van der Waals surface area contributed by atoms with Gasteiger partial charge in [0.1, 0.15) is 5.60 Å². The van der Waals surface area contributed by atoms with Gasteiger partial charge in [0.05, 0.1) is 6.04 Å². The lowest BCUT2D eigenvalue weighted by molar-refractivity contribution is -0.0891. The summed E-state index contributed by atoms with van der Waals surface area (Å²) in [5.74, 6) is 1.57. The molecule has 1 aromatic heterocycles. The zero-order valence-electron chi connectivity index (χ0n) is 12.3. The summed E-state index contributed by atoms with van der Waals surface area (Å²) in [7, 11) is 0. The lowest BCUT2D eigenvalue weighted by Gasteiger charge is -2.37. The number of nitrogens with zero attached hydrogens (tertiary/aromatic N) is 2. The van der Waals surface area contributed by atoms with Gasteiger partial charge in [-0.05, 0) is 38.5 Å². The van der Waals surface area contributed by atoms with Gasteiger partial charge >= 0.3 is 0 Å². The summed E-state index contributed by atoms with van der Waals surface area (Å²) >= 11 is 0. The Balaban J connectivity index is 2.21. The minimum absolute atomic E-state index is 0.00647. The second kappa shape index (κ2) is 6.65. The molecule has 1 aromatic rings. The minimum Gasteiger partial charge on any atom is -0.396 e. The highest BCUT2D eigenvalue weighted by Crippen LogP contribution is 2.41. The van der Waals surface area contributed by atoms with Gasteiger partial charge in [0, 0.05) is 13.2 Å². The summed E-state index contributed by atoms with van der Waals surface area (Å²) in [5, 5.41) is 13.0. The van der Waals surface area contributed by atoms with E-state index in [0.29, 0.717) is 30.7 Å². The Morgan fingerprint density at radius 1 is 1.60 bits per heavy atom. The fourth-order valence-electron chi connectivity index (χ4n) is 3.01. The first-order chi connectivity index (χ1) is 9.61. The Morgan fingerprint density at radius 3 is 3.05 bits per heavy atom. The van der Waals surface area contributed by atoms with E-state index >= 15 is 0 Å². The van der Waals surface area contributed by atoms with Gasteiger partial charge < -0.3 is 20.1 Å². The Morgan fingerprint density at radius 2 is 2.40 bits per heavy atom. The number of aliphatic hydroxyl groups is 1. The quantitative estimate of drug-likeness (QED) is 0.828. The lowest BCUT2D eigenvalue weighted by Crippen LogP contribution is -2.36. The number of ether oxygens (including phenoxy) is 1. The molecule has 3 N–H and O–H groups in total. The monoisotopic (exact) mass is 283 g/mol. The van der Waals surface area contributed by atoms with E-state index in [0.717, 1.165) is 19.3 Å². The predicted octanol–water partition coefficient (Wildman–Crippen LogP) is 1.89. The molecule has 3 unspecified atom stereocenters. The molecule has 0 spiro atoms. The molecule has 6 heteroatoms. The molecule has 0 radical (unpaired) electrons. The zero-order chi connectivity index (χ0) is 14.6. The predicted molar refractivity (Wildman–Crippen MR) is 73.9 cm³/mol. The van der Waals surface area contributed by atoms with E-state index in [1.165, 1.54) is 6.42 Å². The van der Waals surface area contributed by atoms with E-state index in [2.05, 4.69) is 17.1 Å². The van der Waals surface area contributed by atoms with Gasteiger partial charge in [-0.2, -0.15) is 4.98 Å². The largest absolute Gasteiger partial charge is 0.396 e. The summed E-state index contributed by atoms with van der Waals surface area (Å²) in [6, 6.07) is -0.416. The van der Waals surface area contributed by atoms with Crippen LogP contribution in [0.4, 0.5) is 0 Å². The van der Waals surface area contributed by atoms with Crippen molar-refractivity contribution >= 4 is 0 Å². The molecule has 0 amide bonds. The molecule has 1 aliphatic carbocycles. The van der Waals surface area contributed by atoms with Crippen LogP contribution in [0.2, 0.25) is 0 Å². The van der Waals surface area contributed by atoms with Crippen LogP contribution in [0.15, 0.2) is 4.52 Å². The van der Waals surface area contributed by atoms with Crippen molar-refractivity contribution in [3.05, 3.63) is 11.7 Å². The van der Waals surface area contributed by atoms with Crippen LogP contribution in [0.5, 0.6) is 0 Å². The van der Waals surface area contributed by atoms with Gasteiger partial charge in [0.2, 0.25) is 11.7 Å². The first-order valence-electron chi connectivity index (χ1n) is 7.45. The Kier molecular flexibility index (Phi) is 5.12. The molecule has 1 aliphatic rings. The topological polar surface area (TPSA) is 94.4 Å². The van der Waals surface area contributed by atoms with Crippen LogP contribution in [0.3, 0.4) is 0 Å². The molecule has 0 aliphatic heterocycles. The number of hydrogen-bond donors (Lipinski definition) is 2. The van der Waals surface area contributed by atoms with Crippen molar-refractivity contribution in [2.75, 3.05) is 13.2 Å². The molecule has 1 heterocycles. The van der Waals surface area contributed by atoms with Crippen molar-refractivity contribution in [3.8, 4) is 0 Å². The third-order valence-electron chi connectivity index (χ3n) is 3.98. The summed E-state index contributed by atoms with van der Waals surface area (Å²) in [6.45, 7) is 4.84. The minimum atomic E-state index is -0.437. The highest BCUT2D eigenvalue weighted by atomic mass is 16.5. The Hall–Kier alpha value is -0.980. The van der Waals surface area contributed by atoms with E-state index in [4.69, 9.17) is 20.1 Å². The third-order valence-corrected chi connectivity index (χ3v) is 3.98. The molecule has 1 saturated carbocycles. The van der Waals surface area contributed by atoms with Gasteiger partial charge in [-0.15, -0.1) is 0 Å². The number of nitrogens with two attached hydrogens (primary N) is 1. The first kappa shape index (κ1) is 15.4. The van der Waals surface area contributed by atoms with Crippen LogP contribution < -0.4 is 5.73 Å². The van der Waals surface area contributed by atoms with Crippen molar-refractivity contribution in [2.45, 2.75) is 57.6 Å². The Labute approximate surface area is 119 Å². The SMILES string of the molecule is CCOC1(c2noc(C(N)CCO)n2)CCCC(C)C1. The second-order valence-corrected chi connectivity index (χ2v) is 5.70. The highest BCUT2D eigenvalue weighted by Gasteiger charge is 2.41. The smallest absolute Gasteiger partial charge is 0.243 e. The average Bonchev–Trinajstić information content (AvgIpc) is 2.89. The molecule has 6 nitrogen and oxygen atoms in total. The maximum Gasteiger partial charge on any atom is 0.243 e. The Bertz CT molecular complexity index is 420. The average molecular weight is 283 g/mol. The van der Waals surface area contributed by atoms with Crippen molar-refractivity contribution in [1.29, 1.82) is 0 Å². The summed E-state index contributed by atoms with van der Waals surface area (Å²) in [6.07, 6.45) is 4.56. The first-order valence-corrected chi connectivity index (χ1v) is 7.45. The standard InChI is InChI=1S/C14H25N3O3/c1-3-19-14(7-4-5-10(2)9-14)13-16-12(20-17-13)11(15)6-8-18/h10-11,18H,3-9,15H2,1-2H3. The summed E-state index contributed by atoms with van der Waals surface area (Å²) in [4.78, 5) is 4.44. The van der Waals surface area contributed by atoms with Crippen LogP contribution in [-0.4, -0.2) is 28.5 Å². The van der Waals surface area contributed by atoms with Crippen LogP contribution in [0, 0.1) is 5.92 Å². The number of aromatic nitrogens is 2. The second-order valence-electron chi connectivity index (χ2n) is 5.70. The fourth-order valence-corrected chi connectivity index (χ4v) is 3.01. The van der Waals surface area contributed by atoms with E-state index in [1.807, 2.05) is 6.92 Å². The van der Waals surface area contributed by atoms with Gasteiger partial charge in [0.15, 0.2) is 0 Å². The number of hydrogen-bond acceptors (Lipinski definition) is 6. The molecule has 114 valence electrons. The van der Waals surface area contributed by atoms with Crippen molar-refractivity contribution in [2.24, 2.45) is 11.7 Å². The highest BCUT2D eigenvalue weighted by molar-refractivity contribution is 5.05. The molecule has 20 heavy (non-hydrogen) atoms. The van der Waals surface area contributed by atoms with E-state index in [1.54, 1.807) is 0 Å². The van der Waals surface area contributed by atoms with E-state index in [-0.39, 0.29) is 6.61 Å². The van der Waals surface area contributed by atoms with Gasteiger partial charge in [-0.1, -0.05) is 18.5 Å². The third kappa shape index (κ3) is 3.19. The van der Waals surface area contributed by atoms with Gasteiger partial charge in [-0.25, -0.2) is 0 Å². The lowest BCUT2D eigenvalue weighted by atomic mass is 9.78. The van der Waals surface area contributed by atoms with E-state index in [9.17, 15) is 0 Å². The molecule has 0 bridgehead atoms. The summed E-state index contributed by atoms with van der Waals surface area (Å²) in [5.41, 5.74) is 5.46. The van der Waals surface area contributed by atoms with Gasteiger partial charge in [-0.3, -0.25) is 0 Å². The van der Waals surface area contributed by atoms with Crippen LogP contribution in [0.1, 0.15) is 63.7 Å². The number of aliphatic hydroxyl groups excluding tert-OH is 1. The molecular weight excluding hydrogens is 258 g/mol. The van der Waals surface area contributed by atoms with Crippen LogP contribution in [0.25, 0.3) is 0 Å². The maximum absolute atomic E-state index is 8.93. The van der Waals surface area contributed by atoms with Crippen molar-refractivity contribution < 1.29 is 14.4 Å². The molecule has 1 fully saturated rings. The molecule has 3 atom stereocenters. The molecule has 2 rings (SSSR count).